The van der Waals surface area contributed by atoms with Gasteiger partial charge in [-0.1, -0.05) is 37.0 Å². The number of aliphatic carboxylic acids is 1. The molecule has 1 fully saturated rings. The minimum atomic E-state index is -1.33. The van der Waals surface area contributed by atoms with E-state index < -0.39 is 42.9 Å². The Kier molecular flexibility index (Phi) is 10.5. The van der Waals surface area contributed by atoms with Crippen LogP contribution in [0.25, 0.3) is 0 Å². The Morgan fingerprint density at radius 3 is 2.61 bits per heavy atom. The molecule has 33 heavy (non-hydrogen) atoms. The summed E-state index contributed by atoms with van der Waals surface area (Å²) in [6.07, 6.45) is 0.466. The van der Waals surface area contributed by atoms with E-state index in [0.29, 0.717) is 17.2 Å². The molecule has 8 nitrogen and oxygen atoms in total. The molecule has 1 amide bonds. The van der Waals surface area contributed by atoms with Gasteiger partial charge in [0.15, 0.2) is 11.9 Å². The van der Waals surface area contributed by atoms with Crippen LogP contribution in [0.4, 0.5) is 0 Å². The van der Waals surface area contributed by atoms with Gasteiger partial charge in [-0.3, -0.25) is 14.4 Å². The molecule has 180 valence electrons. The predicted molar refractivity (Wildman–Crippen MR) is 128 cm³/mol. The minimum Gasteiger partial charge on any atom is -0.509 e. The van der Waals surface area contributed by atoms with Crippen molar-refractivity contribution in [1.82, 2.24) is 5.32 Å². The molecule has 0 aliphatic carbocycles. The molecule has 2 N–H and O–H groups in total. The summed E-state index contributed by atoms with van der Waals surface area (Å²) in [5.41, 5.74) is 0.149. The lowest BCUT2D eigenvalue weighted by Gasteiger charge is -2.31. The number of hydrogen-bond acceptors (Lipinski definition) is 7. The Morgan fingerprint density at radius 2 is 2.00 bits per heavy atom. The molecule has 0 saturated carbocycles. The van der Waals surface area contributed by atoms with Crippen LogP contribution in [-0.2, 0) is 23.7 Å². The maximum Gasteiger partial charge on any atom is 0.531 e. The van der Waals surface area contributed by atoms with Gasteiger partial charge in [0.05, 0.1) is 23.0 Å². The highest BCUT2D eigenvalue weighted by molar-refractivity contribution is 7.98. The molecule has 1 aliphatic heterocycles. The van der Waals surface area contributed by atoms with Crippen molar-refractivity contribution >= 4 is 65.7 Å². The van der Waals surface area contributed by atoms with Gasteiger partial charge in [-0.25, -0.2) is 4.79 Å². The lowest BCUT2D eigenvalue weighted by Crippen LogP contribution is -2.47. The first-order chi connectivity index (χ1) is 15.5. The molecule has 1 saturated heterocycles. The number of benzene rings is 1. The maximum atomic E-state index is 13.2. The van der Waals surface area contributed by atoms with Crippen LogP contribution in [0.3, 0.4) is 0 Å². The van der Waals surface area contributed by atoms with E-state index in [-0.39, 0.29) is 35.1 Å². The number of carboxylic acids is 1. The third kappa shape index (κ3) is 8.21. The molecule has 1 heterocycles. The Hall–Kier alpha value is -1.75. The first-order valence-electron chi connectivity index (χ1n) is 10.4. The summed E-state index contributed by atoms with van der Waals surface area (Å²) in [5, 5.41) is 12.5. The molecule has 0 spiro atoms. The van der Waals surface area contributed by atoms with E-state index >= 15 is 0 Å². The molecule has 1 aromatic carbocycles. The van der Waals surface area contributed by atoms with Crippen LogP contribution in [0.5, 0.6) is 0 Å². The normalized spacial score (nSPS) is 17.9. The van der Waals surface area contributed by atoms with Crippen LogP contribution in [0.1, 0.15) is 43.5 Å². The second-order valence-electron chi connectivity index (χ2n) is 8.19. The topological polar surface area (TPSA) is 119 Å². The molecule has 3 atom stereocenters. The summed E-state index contributed by atoms with van der Waals surface area (Å²) in [7, 11) is -1.16. The lowest BCUT2D eigenvalue weighted by molar-refractivity contribution is -0.157. The molecule has 1 unspecified atom stereocenters. The molecular formula is C21H26BCl2NO7S. The van der Waals surface area contributed by atoms with Crippen LogP contribution in [0.15, 0.2) is 18.2 Å². The van der Waals surface area contributed by atoms with E-state index in [0.717, 1.165) is 0 Å². The van der Waals surface area contributed by atoms with E-state index in [1.54, 1.807) is 12.3 Å². The molecule has 1 aliphatic rings. The van der Waals surface area contributed by atoms with Crippen molar-refractivity contribution in [3.8, 4) is 0 Å². The van der Waals surface area contributed by atoms with Gasteiger partial charge in [-0.2, -0.15) is 11.8 Å². The second kappa shape index (κ2) is 12.6. The average Bonchev–Trinajstić information content (AvgIpc) is 2.73. The zero-order valence-corrected chi connectivity index (χ0v) is 20.8. The van der Waals surface area contributed by atoms with E-state index in [2.05, 4.69) is 5.32 Å². The van der Waals surface area contributed by atoms with Crippen molar-refractivity contribution in [2.24, 2.45) is 5.92 Å². The van der Waals surface area contributed by atoms with Crippen molar-refractivity contribution in [3.63, 3.8) is 0 Å². The van der Waals surface area contributed by atoms with Crippen LogP contribution >= 0.6 is 35.0 Å². The van der Waals surface area contributed by atoms with Gasteiger partial charge in [-0.05, 0) is 36.8 Å². The minimum absolute atomic E-state index is 0.0722. The van der Waals surface area contributed by atoms with Gasteiger partial charge in [0, 0.05) is 23.0 Å². The van der Waals surface area contributed by atoms with Crippen molar-refractivity contribution in [1.29, 1.82) is 0 Å². The molecule has 12 heteroatoms. The third-order valence-corrected chi connectivity index (χ3v) is 6.23. The number of carbonyl (C=O) groups is 4. The standard InChI is InChI=1S/C21H26BCl2NO7S/c1-11(2)6-12(22-31-18(21(29)30)9-19(27)32-22)7-17(26)16(10-33-3)25-20(28)14-8-13(23)4-5-15(14)24/h4-5,8,11-12,16,18H,6-7,9-10H2,1-3H3,(H,25,28)(H,29,30)/t12-,16+,18?/m1/s1. The Morgan fingerprint density at radius 1 is 1.30 bits per heavy atom. The van der Waals surface area contributed by atoms with Crippen LogP contribution in [0.2, 0.25) is 15.9 Å². The summed E-state index contributed by atoms with van der Waals surface area (Å²) in [6.45, 7) is 3.86. The van der Waals surface area contributed by atoms with Gasteiger partial charge >= 0.3 is 13.1 Å². The van der Waals surface area contributed by atoms with Gasteiger partial charge < -0.3 is 19.7 Å². The Balaban J connectivity index is 2.18. The monoisotopic (exact) mass is 517 g/mol. The largest absolute Gasteiger partial charge is 0.531 e. The molecule has 2 rings (SSSR count). The fourth-order valence-corrected chi connectivity index (χ4v) is 4.48. The fourth-order valence-electron chi connectivity index (χ4n) is 3.51. The number of thioether (sulfide) groups is 1. The zero-order chi connectivity index (χ0) is 24.7. The second-order valence-corrected chi connectivity index (χ2v) is 9.95. The first-order valence-corrected chi connectivity index (χ1v) is 12.5. The third-order valence-electron chi connectivity index (χ3n) is 5.00. The summed E-state index contributed by atoms with van der Waals surface area (Å²) in [6, 6.07) is 3.63. The van der Waals surface area contributed by atoms with Gasteiger partial charge in [0.25, 0.3) is 11.9 Å². The van der Waals surface area contributed by atoms with E-state index in [4.69, 9.17) is 32.5 Å². The number of carbonyl (C=O) groups excluding carboxylic acids is 3. The van der Waals surface area contributed by atoms with Gasteiger partial charge in [0.1, 0.15) is 0 Å². The highest BCUT2D eigenvalue weighted by Crippen LogP contribution is 2.31. The Labute approximate surface area is 207 Å². The highest BCUT2D eigenvalue weighted by atomic mass is 35.5. The number of rotatable bonds is 11. The van der Waals surface area contributed by atoms with E-state index in [9.17, 15) is 24.3 Å². The molecule has 0 bridgehead atoms. The van der Waals surface area contributed by atoms with E-state index in [1.165, 1.54) is 23.9 Å². The number of carboxylic acid groups (broad SMARTS) is 1. The summed E-state index contributed by atoms with van der Waals surface area (Å²) < 4.78 is 10.7. The SMILES string of the molecule is CSC[C@H](NC(=O)c1cc(Cl)ccc1Cl)C(=O)C[C@@H](CC(C)C)B1OC(=O)CC(C(=O)O)O1. The molecule has 0 aromatic heterocycles. The van der Waals surface area contributed by atoms with Crippen LogP contribution in [-0.4, -0.2) is 60.0 Å². The predicted octanol–water partition coefficient (Wildman–Crippen LogP) is 3.74. The summed E-state index contributed by atoms with van der Waals surface area (Å²) >= 11 is 13.4. The smallest absolute Gasteiger partial charge is 0.509 e. The highest BCUT2D eigenvalue weighted by Gasteiger charge is 2.44. The number of ketones is 1. The zero-order valence-electron chi connectivity index (χ0n) is 18.5. The Bertz CT molecular complexity index is 901. The summed E-state index contributed by atoms with van der Waals surface area (Å²) in [4.78, 5) is 49.2. The van der Waals surface area contributed by atoms with Gasteiger partial charge in [0.2, 0.25) is 0 Å². The van der Waals surface area contributed by atoms with Crippen molar-refractivity contribution in [3.05, 3.63) is 33.8 Å². The maximum absolute atomic E-state index is 13.2. The van der Waals surface area contributed by atoms with Crippen LogP contribution < -0.4 is 5.32 Å². The van der Waals surface area contributed by atoms with E-state index in [1.807, 2.05) is 13.8 Å². The lowest BCUT2D eigenvalue weighted by atomic mass is 9.64. The number of hydrogen-bond donors (Lipinski definition) is 2. The fraction of sp³-hybridized carbons (Fsp3) is 0.524. The number of Topliss-reactive ketones (excluding diaryl/α,β-unsaturated/α-hetero) is 1. The van der Waals surface area contributed by atoms with Crippen LogP contribution in [0, 0.1) is 5.92 Å². The molecular weight excluding hydrogens is 492 g/mol. The average molecular weight is 518 g/mol. The number of halogens is 2. The number of amides is 1. The summed E-state index contributed by atoms with van der Waals surface area (Å²) in [5.74, 6) is -2.93. The quantitative estimate of drug-likeness (QED) is 0.426. The number of nitrogens with one attached hydrogen (secondary N) is 1. The van der Waals surface area contributed by atoms with Crippen molar-refractivity contribution in [2.75, 3.05) is 12.0 Å². The van der Waals surface area contributed by atoms with Crippen molar-refractivity contribution < 1.29 is 33.6 Å². The molecule has 0 radical (unpaired) electrons. The van der Waals surface area contributed by atoms with Crippen molar-refractivity contribution in [2.45, 2.75) is 51.1 Å². The van der Waals surface area contributed by atoms with Gasteiger partial charge in [-0.15, -0.1) is 0 Å². The molecule has 1 aromatic rings. The first kappa shape index (κ1) is 27.5.